The van der Waals surface area contributed by atoms with E-state index in [9.17, 15) is 5.11 Å². The number of pyridine rings is 1. The molecule has 0 aliphatic heterocycles. The van der Waals surface area contributed by atoms with E-state index in [0.717, 1.165) is 16.6 Å². The Morgan fingerprint density at radius 1 is 0.950 bits per heavy atom. The van der Waals surface area contributed by atoms with E-state index in [-0.39, 0.29) is 5.75 Å². The van der Waals surface area contributed by atoms with Gasteiger partial charge in [0.05, 0.1) is 5.69 Å². The summed E-state index contributed by atoms with van der Waals surface area (Å²) in [6.07, 6.45) is 3.84. The standard InChI is InChI=1S/C17H12ClNO/c18-14-5-1-3-12(11-14)7-9-15-10-8-13-4-2-6-16(20)17(13)19-15/h1-11,20H. The predicted molar refractivity (Wildman–Crippen MR) is 83.8 cm³/mol. The number of phenols is 1. The lowest BCUT2D eigenvalue weighted by Gasteiger charge is -2.01. The van der Waals surface area contributed by atoms with Gasteiger partial charge in [0.2, 0.25) is 0 Å². The van der Waals surface area contributed by atoms with Crippen molar-refractivity contribution in [3.05, 3.63) is 70.9 Å². The van der Waals surface area contributed by atoms with Crippen LogP contribution >= 0.6 is 11.6 Å². The smallest absolute Gasteiger partial charge is 0.141 e. The number of fused-ring (bicyclic) bond motifs is 1. The van der Waals surface area contributed by atoms with Crippen molar-refractivity contribution in [2.45, 2.75) is 0 Å². The molecule has 0 aliphatic carbocycles. The quantitative estimate of drug-likeness (QED) is 0.734. The van der Waals surface area contributed by atoms with E-state index < -0.39 is 0 Å². The van der Waals surface area contributed by atoms with Crippen LogP contribution in [0.1, 0.15) is 11.3 Å². The van der Waals surface area contributed by atoms with Crippen LogP contribution in [0.3, 0.4) is 0 Å². The number of phenolic OH excluding ortho intramolecular Hbond substituents is 1. The molecule has 20 heavy (non-hydrogen) atoms. The zero-order valence-electron chi connectivity index (χ0n) is 10.6. The van der Waals surface area contributed by atoms with Gasteiger partial charge >= 0.3 is 0 Å². The third-order valence-corrected chi connectivity index (χ3v) is 3.25. The lowest BCUT2D eigenvalue weighted by Crippen LogP contribution is -1.83. The summed E-state index contributed by atoms with van der Waals surface area (Å²) in [6, 6.07) is 16.8. The zero-order chi connectivity index (χ0) is 13.9. The normalized spacial score (nSPS) is 11.2. The Bertz CT molecular complexity index is 796. The summed E-state index contributed by atoms with van der Waals surface area (Å²) < 4.78 is 0. The van der Waals surface area contributed by atoms with Crippen molar-refractivity contribution in [2.24, 2.45) is 0 Å². The van der Waals surface area contributed by atoms with Gasteiger partial charge in [-0.15, -0.1) is 0 Å². The Morgan fingerprint density at radius 3 is 2.65 bits per heavy atom. The minimum atomic E-state index is 0.195. The van der Waals surface area contributed by atoms with Crippen LogP contribution in [0.4, 0.5) is 0 Å². The van der Waals surface area contributed by atoms with Gasteiger partial charge in [-0.1, -0.05) is 48.0 Å². The topological polar surface area (TPSA) is 33.1 Å². The van der Waals surface area contributed by atoms with Crippen LogP contribution in [0.25, 0.3) is 23.1 Å². The van der Waals surface area contributed by atoms with Crippen LogP contribution in [-0.2, 0) is 0 Å². The fourth-order valence-electron chi connectivity index (χ4n) is 2.03. The number of aromatic nitrogens is 1. The molecule has 2 nitrogen and oxygen atoms in total. The molecule has 0 amide bonds. The van der Waals surface area contributed by atoms with Crippen molar-refractivity contribution in [1.82, 2.24) is 4.98 Å². The molecule has 3 rings (SSSR count). The molecule has 0 fully saturated rings. The van der Waals surface area contributed by atoms with Crippen LogP contribution in [0.5, 0.6) is 5.75 Å². The van der Waals surface area contributed by atoms with Crippen LogP contribution in [-0.4, -0.2) is 10.1 Å². The molecule has 0 bridgehead atoms. The maximum Gasteiger partial charge on any atom is 0.141 e. The maximum atomic E-state index is 9.81. The van der Waals surface area contributed by atoms with E-state index in [1.807, 2.05) is 54.6 Å². The molecular weight excluding hydrogens is 270 g/mol. The summed E-state index contributed by atoms with van der Waals surface area (Å²) in [6.45, 7) is 0. The number of benzene rings is 2. The van der Waals surface area contributed by atoms with Gasteiger partial charge in [0.15, 0.2) is 0 Å². The van der Waals surface area contributed by atoms with Gasteiger partial charge in [-0.3, -0.25) is 0 Å². The second-order valence-corrected chi connectivity index (χ2v) is 4.91. The van der Waals surface area contributed by atoms with Crippen LogP contribution in [0.15, 0.2) is 54.6 Å². The van der Waals surface area contributed by atoms with E-state index in [1.54, 1.807) is 12.1 Å². The lowest BCUT2D eigenvalue weighted by molar-refractivity contribution is 0.480. The second kappa shape index (κ2) is 5.35. The van der Waals surface area contributed by atoms with Gasteiger partial charge in [0.1, 0.15) is 11.3 Å². The first kappa shape index (κ1) is 12.7. The van der Waals surface area contributed by atoms with E-state index in [2.05, 4.69) is 4.98 Å². The monoisotopic (exact) mass is 281 g/mol. The van der Waals surface area contributed by atoms with Crippen LogP contribution in [0, 0.1) is 0 Å². The Kier molecular flexibility index (Phi) is 3.40. The van der Waals surface area contributed by atoms with E-state index in [4.69, 9.17) is 11.6 Å². The number of halogens is 1. The number of aromatic hydroxyl groups is 1. The van der Waals surface area contributed by atoms with Crippen molar-refractivity contribution in [3.8, 4) is 5.75 Å². The van der Waals surface area contributed by atoms with Gasteiger partial charge in [0, 0.05) is 10.4 Å². The molecule has 1 aromatic heterocycles. The SMILES string of the molecule is Oc1cccc2ccc(C=Cc3cccc(Cl)c3)nc12. The zero-order valence-corrected chi connectivity index (χ0v) is 11.4. The third kappa shape index (κ3) is 2.65. The summed E-state index contributed by atoms with van der Waals surface area (Å²) in [5, 5.41) is 11.4. The molecule has 0 saturated carbocycles. The van der Waals surface area contributed by atoms with Crippen LogP contribution < -0.4 is 0 Å². The maximum absolute atomic E-state index is 9.81. The van der Waals surface area contributed by atoms with E-state index >= 15 is 0 Å². The Balaban J connectivity index is 1.97. The summed E-state index contributed by atoms with van der Waals surface area (Å²) in [4.78, 5) is 4.44. The first-order chi connectivity index (χ1) is 9.72. The van der Waals surface area contributed by atoms with E-state index in [1.165, 1.54) is 0 Å². The molecule has 3 heteroatoms. The first-order valence-corrected chi connectivity index (χ1v) is 6.62. The number of rotatable bonds is 2. The fraction of sp³-hybridized carbons (Fsp3) is 0. The first-order valence-electron chi connectivity index (χ1n) is 6.25. The number of hydrogen-bond acceptors (Lipinski definition) is 2. The molecule has 0 radical (unpaired) electrons. The molecule has 1 heterocycles. The van der Waals surface area contributed by atoms with Crippen molar-refractivity contribution in [1.29, 1.82) is 0 Å². The molecular formula is C17H12ClNO. The fourth-order valence-corrected chi connectivity index (χ4v) is 2.23. The number of hydrogen-bond donors (Lipinski definition) is 1. The van der Waals surface area contributed by atoms with Gasteiger partial charge in [-0.05, 0) is 35.9 Å². The second-order valence-electron chi connectivity index (χ2n) is 4.47. The third-order valence-electron chi connectivity index (χ3n) is 3.02. The summed E-state index contributed by atoms with van der Waals surface area (Å²) in [7, 11) is 0. The minimum Gasteiger partial charge on any atom is -0.506 e. The molecule has 0 saturated heterocycles. The Morgan fingerprint density at radius 2 is 1.80 bits per heavy atom. The predicted octanol–water partition coefficient (Wildman–Crippen LogP) is 4.76. The molecule has 98 valence electrons. The molecule has 0 aliphatic rings. The Labute approximate surface area is 122 Å². The van der Waals surface area contributed by atoms with Gasteiger partial charge in [0.25, 0.3) is 0 Å². The lowest BCUT2D eigenvalue weighted by atomic mass is 10.1. The highest BCUT2D eigenvalue weighted by atomic mass is 35.5. The average Bonchev–Trinajstić information content (AvgIpc) is 2.46. The number of para-hydroxylation sites is 1. The highest BCUT2D eigenvalue weighted by Gasteiger charge is 2.00. The van der Waals surface area contributed by atoms with Crippen molar-refractivity contribution in [2.75, 3.05) is 0 Å². The molecule has 2 aromatic carbocycles. The summed E-state index contributed by atoms with van der Waals surface area (Å²) in [5.41, 5.74) is 2.41. The largest absolute Gasteiger partial charge is 0.506 e. The summed E-state index contributed by atoms with van der Waals surface area (Å²) >= 11 is 5.94. The molecule has 0 atom stereocenters. The van der Waals surface area contributed by atoms with Crippen molar-refractivity contribution < 1.29 is 5.11 Å². The van der Waals surface area contributed by atoms with Gasteiger partial charge in [-0.2, -0.15) is 0 Å². The minimum absolute atomic E-state index is 0.195. The van der Waals surface area contributed by atoms with Gasteiger partial charge in [-0.25, -0.2) is 4.98 Å². The number of nitrogens with zero attached hydrogens (tertiary/aromatic N) is 1. The highest BCUT2D eigenvalue weighted by Crippen LogP contribution is 2.23. The van der Waals surface area contributed by atoms with Crippen molar-refractivity contribution >= 4 is 34.7 Å². The average molecular weight is 282 g/mol. The van der Waals surface area contributed by atoms with Crippen LogP contribution in [0.2, 0.25) is 5.02 Å². The van der Waals surface area contributed by atoms with E-state index in [0.29, 0.717) is 10.5 Å². The molecule has 0 spiro atoms. The van der Waals surface area contributed by atoms with Gasteiger partial charge < -0.3 is 5.11 Å². The molecule has 0 unspecified atom stereocenters. The molecule has 3 aromatic rings. The van der Waals surface area contributed by atoms with Crippen molar-refractivity contribution in [3.63, 3.8) is 0 Å². The molecule has 1 N–H and O–H groups in total. The Hall–Kier alpha value is -2.32. The summed E-state index contributed by atoms with van der Waals surface area (Å²) in [5.74, 6) is 0.195. The highest BCUT2D eigenvalue weighted by molar-refractivity contribution is 6.30.